The van der Waals surface area contributed by atoms with Crippen LogP contribution in [-0.2, 0) is 6.54 Å². The third-order valence-corrected chi connectivity index (χ3v) is 8.54. The lowest BCUT2D eigenvalue weighted by molar-refractivity contribution is 0.207. The molecule has 1 saturated carbocycles. The van der Waals surface area contributed by atoms with Gasteiger partial charge in [0.1, 0.15) is 0 Å². The van der Waals surface area contributed by atoms with Gasteiger partial charge in [0.25, 0.3) is 0 Å². The van der Waals surface area contributed by atoms with Gasteiger partial charge in [-0.2, -0.15) is 5.10 Å². The molecule has 2 amide bonds. The third kappa shape index (κ3) is 5.63. The summed E-state index contributed by atoms with van der Waals surface area (Å²) >= 11 is 0. The lowest BCUT2D eigenvalue weighted by Gasteiger charge is -2.27. The van der Waals surface area contributed by atoms with Crippen molar-refractivity contribution in [3.05, 3.63) is 114 Å². The second kappa shape index (κ2) is 12.1. The number of urea groups is 1. The minimum absolute atomic E-state index is 0.163. The molecule has 43 heavy (non-hydrogen) atoms. The molecular weight excluding hydrogens is 532 g/mol. The van der Waals surface area contributed by atoms with Crippen molar-refractivity contribution in [2.24, 2.45) is 16.0 Å². The average molecular weight is 569 g/mol. The number of hydrogen-bond donors (Lipinski definition) is 2. The summed E-state index contributed by atoms with van der Waals surface area (Å²) in [5.41, 5.74) is 7.94. The van der Waals surface area contributed by atoms with Crippen LogP contribution in [0.3, 0.4) is 0 Å². The largest absolute Gasteiger partial charge is 0.354 e. The minimum atomic E-state index is -0.163. The van der Waals surface area contributed by atoms with Crippen molar-refractivity contribution in [1.29, 1.82) is 0 Å². The number of anilines is 3. The smallest absolute Gasteiger partial charge is 0.349 e. The number of fused-ring (bicyclic) bond motifs is 1. The molecule has 2 N–H and O–H groups in total. The Balaban J connectivity index is 1.30. The van der Waals surface area contributed by atoms with E-state index >= 15 is 0 Å². The molecule has 0 atom stereocenters. The van der Waals surface area contributed by atoms with E-state index in [2.05, 4.69) is 76.3 Å². The highest BCUT2D eigenvalue weighted by atomic mass is 16.2. The lowest BCUT2D eigenvalue weighted by atomic mass is 9.83. The number of para-hydroxylation sites is 1. The summed E-state index contributed by atoms with van der Waals surface area (Å²) in [4.78, 5) is 20.9. The standard InChI is InChI=1S/C36H36N6O/c43-36-41(25-28-15-7-8-16-31(28)26-11-3-1-4-12-26)40-34(27-13-5-2-6-14-27)32-17-9-10-18-33(32)42(36)30-21-19-29(20-22-30)39-35-37-23-24-38-35/h1,3-4,7-12,15-22,27H,2,5-6,13-14,23-25H2,(H2,37,38,39). The van der Waals surface area contributed by atoms with E-state index in [1.807, 2.05) is 47.4 Å². The molecule has 0 spiro atoms. The van der Waals surface area contributed by atoms with E-state index in [1.54, 1.807) is 5.01 Å². The molecule has 0 saturated heterocycles. The van der Waals surface area contributed by atoms with Crippen molar-refractivity contribution in [1.82, 2.24) is 10.3 Å². The molecule has 0 unspecified atom stereocenters. The Morgan fingerprint density at radius 1 is 0.791 bits per heavy atom. The molecule has 0 radical (unpaired) electrons. The van der Waals surface area contributed by atoms with Gasteiger partial charge in [0, 0.05) is 23.7 Å². The van der Waals surface area contributed by atoms with Crippen molar-refractivity contribution in [2.45, 2.75) is 38.6 Å². The zero-order valence-electron chi connectivity index (χ0n) is 24.2. The number of carbonyl (C=O) groups excluding carboxylic acids is 1. The van der Waals surface area contributed by atoms with Gasteiger partial charge < -0.3 is 10.6 Å². The lowest BCUT2D eigenvalue weighted by Crippen LogP contribution is -2.37. The summed E-state index contributed by atoms with van der Waals surface area (Å²) in [6, 6.07) is 34.8. The second-order valence-corrected chi connectivity index (χ2v) is 11.4. The van der Waals surface area contributed by atoms with Gasteiger partial charge in [0.05, 0.1) is 30.2 Å². The van der Waals surface area contributed by atoms with Crippen molar-refractivity contribution >= 4 is 34.8 Å². The average Bonchev–Trinajstić information content (AvgIpc) is 3.54. The van der Waals surface area contributed by atoms with E-state index in [1.165, 1.54) is 19.3 Å². The quantitative estimate of drug-likeness (QED) is 0.249. The van der Waals surface area contributed by atoms with Crippen molar-refractivity contribution in [3.8, 4) is 11.1 Å². The van der Waals surface area contributed by atoms with Gasteiger partial charge in [0.15, 0.2) is 5.96 Å². The summed E-state index contributed by atoms with van der Waals surface area (Å²) in [5.74, 6) is 1.10. The highest BCUT2D eigenvalue weighted by Gasteiger charge is 2.34. The number of hydrazone groups is 1. The van der Waals surface area contributed by atoms with Gasteiger partial charge in [-0.1, -0.05) is 92.1 Å². The van der Waals surface area contributed by atoms with Gasteiger partial charge in [-0.15, -0.1) is 0 Å². The number of carbonyl (C=O) groups is 1. The maximum absolute atomic E-state index is 14.7. The first-order valence-electron chi connectivity index (χ1n) is 15.3. The maximum Gasteiger partial charge on any atom is 0.349 e. The highest BCUT2D eigenvalue weighted by molar-refractivity contribution is 6.14. The molecule has 4 aromatic rings. The second-order valence-electron chi connectivity index (χ2n) is 11.4. The van der Waals surface area contributed by atoms with Gasteiger partial charge >= 0.3 is 6.03 Å². The number of aliphatic imine (C=N–C) groups is 1. The number of hydrogen-bond acceptors (Lipinski definition) is 5. The zero-order chi connectivity index (χ0) is 29.0. The first-order valence-corrected chi connectivity index (χ1v) is 15.3. The molecule has 4 aromatic carbocycles. The number of guanidine groups is 1. The Morgan fingerprint density at radius 2 is 1.51 bits per heavy atom. The molecular formula is C36H36N6O. The van der Waals surface area contributed by atoms with Crippen LogP contribution in [0.25, 0.3) is 11.1 Å². The van der Waals surface area contributed by atoms with Crippen LogP contribution in [-0.4, -0.2) is 35.8 Å². The fourth-order valence-corrected chi connectivity index (χ4v) is 6.39. The van der Waals surface area contributed by atoms with E-state index < -0.39 is 0 Å². The molecule has 0 bridgehead atoms. The Labute approximate surface area is 253 Å². The van der Waals surface area contributed by atoms with Crippen molar-refractivity contribution < 1.29 is 4.79 Å². The minimum Gasteiger partial charge on any atom is -0.354 e. The van der Waals surface area contributed by atoms with Crippen LogP contribution in [0.15, 0.2) is 113 Å². The maximum atomic E-state index is 14.7. The number of nitrogens with one attached hydrogen (secondary N) is 2. The Morgan fingerprint density at radius 3 is 2.28 bits per heavy atom. The van der Waals surface area contributed by atoms with Crippen LogP contribution in [0, 0.1) is 5.92 Å². The summed E-state index contributed by atoms with van der Waals surface area (Å²) < 4.78 is 0. The molecule has 216 valence electrons. The van der Waals surface area contributed by atoms with E-state index in [0.717, 1.165) is 76.9 Å². The van der Waals surface area contributed by atoms with Crippen molar-refractivity contribution in [2.75, 3.05) is 23.3 Å². The van der Waals surface area contributed by atoms with Gasteiger partial charge in [-0.25, -0.2) is 9.80 Å². The third-order valence-electron chi connectivity index (χ3n) is 8.54. The van der Waals surface area contributed by atoms with Crippen LogP contribution in [0.5, 0.6) is 0 Å². The van der Waals surface area contributed by atoms with Crippen LogP contribution < -0.4 is 15.5 Å². The van der Waals surface area contributed by atoms with Crippen LogP contribution in [0.4, 0.5) is 21.9 Å². The van der Waals surface area contributed by atoms with Crippen LogP contribution in [0.2, 0.25) is 0 Å². The van der Waals surface area contributed by atoms with E-state index in [0.29, 0.717) is 12.5 Å². The van der Waals surface area contributed by atoms with Gasteiger partial charge in [-0.3, -0.25) is 9.89 Å². The zero-order valence-corrected chi connectivity index (χ0v) is 24.2. The molecule has 7 heteroatoms. The van der Waals surface area contributed by atoms with Crippen LogP contribution >= 0.6 is 0 Å². The molecule has 1 aliphatic carbocycles. The monoisotopic (exact) mass is 568 g/mol. The Kier molecular flexibility index (Phi) is 7.61. The van der Waals surface area contributed by atoms with E-state index in [4.69, 9.17) is 5.10 Å². The summed E-state index contributed by atoms with van der Waals surface area (Å²) in [5, 5.41) is 13.5. The van der Waals surface area contributed by atoms with Crippen LogP contribution in [0.1, 0.15) is 43.2 Å². The summed E-state index contributed by atoms with van der Waals surface area (Å²) in [6.45, 7) is 1.98. The summed E-state index contributed by atoms with van der Waals surface area (Å²) in [7, 11) is 0. The van der Waals surface area contributed by atoms with E-state index in [-0.39, 0.29) is 6.03 Å². The fraction of sp³-hybridized carbons (Fsp3) is 0.250. The number of benzene rings is 4. The Bertz CT molecular complexity index is 1660. The van der Waals surface area contributed by atoms with Crippen molar-refractivity contribution in [3.63, 3.8) is 0 Å². The first-order chi connectivity index (χ1) is 21.2. The highest BCUT2D eigenvalue weighted by Crippen LogP contribution is 2.38. The fourth-order valence-electron chi connectivity index (χ4n) is 6.39. The summed E-state index contributed by atoms with van der Waals surface area (Å²) in [6.07, 6.45) is 5.82. The predicted octanol–water partition coefficient (Wildman–Crippen LogP) is 7.78. The molecule has 1 fully saturated rings. The molecule has 7 nitrogen and oxygen atoms in total. The predicted molar refractivity (Wildman–Crippen MR) is 175 cm³/mol. The topological polar surface area (TPSA) is 72.3 Å². The molecule has 7 rings (SSSR count). The number of nitrogens with zero attached hydrogens (tertiary/aromatic N) is 4. The SMILES string of the molecule is O=C1N(Cc2ccccc2-c2ccccc2)N=C(C2CCCCC2)c2ccccc2N1c1ccc(NC2=NCCN2)cc1. The number of rotatable bonds is 6. The number of amides is 2. The molecule has 2 heterocycles. The molecule has 2 aliphatic heterocycles. The molecule has 0 aromatic heterocycles. The van der Waals surface area contributed by atoms with E-state index in [9.17, 15) is 4.79 Å². The van der Waals surface area contributed by atoms with Gasteiger partial charge in [-0.05, 0) is 59.9 Å². The Hall–Kier alpha value is -4.91. The first kappa shape index (κ1) is 27.0. The molecule has 3 aliphatic rings. The van der Waals surface area contributed by atoms with Gasteiger partial charge in [0.2, 0.25) is 0 Å². The normalized spacial score (nSPS) is 17.1.